The highest BCUT2D eigenvalue weighted by Crippen LogP contribution is 2.68. The van der Waals surface area contributed by atoms with Gasteiger partial charge in [-0.2, -0.15) is 0 Å². The summed E-state index contributed by atoms with van der Waals surface area (Å²) in [5, 5.41) is 10.0. The van der Waals surface area contributed by atoms with Crippen molar-refractivity contribution in [3.63, 3.8) is 0 Å². The number of carbonyl (C=O) groups excluding carboxylic acids is 3. The van der Waals surface area contributed by atoms with E-state index in [9.17, 15) is 19.5 Å². The Morgan fingerprint density at radius 1 is 1.34 bits per heavy atom. The zero-order chi connectivity index (χ0) is 25.9. The van der Waals surface area contributed by atoms with Gasteiger partial charge in [-0.3, -0.25) is 14.4 Å². The molecular formula is C26H39BrN2O5S. The van der Waals surface area contributed by atoms with E-state index in [-0.39, 0.29) is 40.5 Å². The molecule has 0 aromatic rings. The molecule has 1 N–H and O–H groups in total. The first kappa shape index (κ1) is 28.3. The van der Waals surface area contributed by atoms with Crippen LogP contribution in [0.1, 0.15) is 52.9 Å². The number of amides is 2. The van der Waals surface area contributed by atoms with Crippen LogP contribution in [0.4, 0.5) is 0 Å². The van der Waals surface area contributed by atoms with E-state index in [1.165, 1.54) is 0 Å². The Labute approximate surface area is 221 Å². The minimum atomic E-state index is -0.750. The van der Waals surface area contributed by atoms with E-state index >= 15 is 0 Å². The van der Waals surface area contributed by atoms with Crippen LogP contribution in [0.2, 0.25) is 0 Å². The minimum absolute atomic E-state index is 0.00813. The Balaban J connectivity index is 1.98. The highest BCUT2D eigenvalue weighted by molar-refractivity contribution is 9.09. The number of aliphatic hydroxyl groups excluding tert-OH is 1. The third-order valence-corrected chi connectivity index (χ3v) is 10.8. The number of alkyl halides is 1. The summed E-state index contributed by atoms with van der Waals surface area (Å²) in [6.45, 7) is 13.8. The molecule has 7 atom stereocenters. The second-order valence-electron chi connectivity index (χ2n) is 9.98. The highest BCUT2D eigenvalue weighted by Gasteiger charge is 2.76. The molecule has 3 heterocycles. The van der Waals surface area contributed by atoms with Crippen molar-refractivity contribution in [1.82, 2.24) is 9.80 Å². The number of ether oxygens (including phenoxy) is 1. The third-order valence-electron chi connectivity index (χ3n) is 7.59. The van der Waals surface area contributed by atoms with Crippen molar-refractivity contribution >= 4 is 45.5 Å². The first-order chi connectivity index (χ1) is 16.7. The van der Waals surface area contributed by atoms with Crippen LogP contribution in [0, 0.1) is 11.8 Å². The van der Waals surface area contributed by atoms with Crippen LogP contribution in [-0.4, -0.2) is 85.4 Å². The average Bonchev–Trinajstić information content (AvgIpc) is 3.41. The second-order valence-corrected chi connectivity index (χ2v) is 12.7. The molecule has 3 saturated heterocycles. The third kappa shape index (κ3) is 4.97. The van der Waals surface area contributed by atoms with Crippen molar-refractivity contribution in [3.05, 3.63) is 25.3 Å². The fraction of sp³-hybridized carbons (Fsp3) is 0.731. The van der Waals surface area contributed by atoms with Crippen LogP contribution in [0.5, 0.6) is 0 Å². The zero-order valence-corrected chi connectivity index (χ0v) is 23.4. The minimum Gasteiger partial charge on any atom is -0.465 e. The monoisotopic (exact) mass is 570 g/mol. The number of unbranched alkanes of at least 4 members (excludes halogenated alkanes) is 2. The fourth-order valence-corrected chi connectivity index (χ4v) is 9.52. The topological polar surface area (TPSA) is 87.2 Å². The van der Waals surface area contributed by atoms with Gasteiger partial charge in [-0.15, -0.1) is 24.9 Å². The van der Waals surface area contributed by atoms with Crippen molar-refractivity contribution in [2.24, 2.45) is 11.8 Å². The van der Waals surface area contributed by atoms with Crippen LogP contribution in [0.15, 0.2) is 25.3 Å². The Morgan fingerprint density at radius 3 is 2.63 bits per heavy atom. The first-order valence-electron chi connectivity index (χ1n) is 12.6. The molecule has 1 spiro atoms. The van der Waals surface area contributed by atoms with Gasteiger partial charge in [0, 0.05) is 22.7 Å². The second kappa shape index (κ2) is 11.8. The molecule has 35 heavy (non-hydrogen) atoms. The summed E-state index contributed by atoms with van der Waals surface area (Å²) in [5.41, 5.74) is 0. The predicted molar refractivity (Wildman–Crippen MR) is 142 cm³/mol. The van der Waals surface area contributed by atoms with Crippen molar-refractivity contribution < 1.29 is 24.2 Å². The average molecular weight is 572 g/mol. The van der Waals surface area contributed by atoms with Gasteiger partial charge < -0.3 is 19.6 Å². The maximum atomic E-state index is 14.1. The van der Waals surface area contributed by atoms with E-state index in [0.29, 0.717) is 26.0 Å². The Morgan fingerprint density at radius 2 is 2.06 bits per heavy atom. The zero-order valence-electron chi connectivity index (χ0n) is 21.0. The molecule has 0 saturated carbocycles. The van der Waals surface area contributed by atoms with Gasteiger partial charge in [-0.05, 0) is 46.0 Å². The Bertz CT molecular complexity index is 835. The van der Waals surface area contributed by atoms with Crippen molar-refractivity contribution in [2.45, 2.75) is 85.8 Å². The molecule has 2 amide bonds. The maximum Gasteiger partial charge on any atom is 0.310 e. The molecule has 3 aliphatic heterocycles. The van der Waals surface area contributed by atoms with Crippen LogP contribution < -0.4 is 0 Å². The molecule has 196 valence electrons. The molecular weight excluding hydrogens is 532 g/mol. The van der Waals surface area contributed by atoms with Crippen molar-refractivity contribution in [3.8, 4) is 0 Å². The summed E-state index contributed by atoms with van der Waals surface area (Å²) >= 11 is 5.35. The summed E-state index contributed by atoms with van der Waals surface area (Å²) in [6.07, 6.45) is 7.15. The van der Waals surface area contributed by atoms with E-state index in [0.717, 1.165) is 19.3 Å². The van der Waals surface area contributed by atoms with Gasteiger partial charge in [0.05, 0.1) is 35.8 Å². The molecule has 3 unspecified atom stereocenters. The van der Waals surface area contributed by atoms with Crippen molar-refractivity contribution in [1.29, 1.82) is 0 Å². The lowest BCUT2D eigenvalue weighted by molar-refractivity contribution is -0.154. The number of hydrogen-bond acceptors (Lipinski definition) is 6. The number of halogens is 1. The van der Waals surface area contributed by atoms with Gasteiger partial charge >= 0.3 is 5.97 Å². The van der Waals surface area contributed by atoms with Gasteiger partial charge in [-0.25, -0.2) is 0 Å². The Hall–Kier alpha value is -1.32. The number of fused-ring (bicyclic) bond motifs is 1. The highest BCUT2D eigenvalue weighted by atomic mass is 79.9. The number of nitrogens with zero attached hydrogens (tertiary/aromatic N) is 2. The summed E-state index contributed by atoms with van der Waals surface area (Å²) in [7, 11) is 0. The summed E-state index contributed by atoms with van der Waals surface area (Å²) in [4.78, 5) is 44.8. The molecule has 7 nitrogen and oxygen atoms in total. The van der Waals surface area contributed by atoms with Gasteiger partial charge in [0.1, 0.15) is 6.04 Å². The molecule has 0 aromatic heterocycles. The molecule has 0 aliphatic carbocycles. The van der Waals surface area contributed by atoms with Gasteiger partial charge in [0.2, 0.25) is 11.8 Å². The molecule has 3 rings (SSSR count). The summed E-state index contributed by atoms with van der Waals surface area (Å²) in [5.74, 6) is -1.97. The van der Waals surface area contributed by atoms with Crippen molar-refractivity contribution in [2.75, 3.05) is 19.8 Å². The molecule has 0 radical (unpaired) electrons. The molecule has 9 heteroatoms. The summed E-state index contributed by atoms with van der Waals surface area (Å²) < 4.78 is 4.92. The Kier molecular flexibility index (Phi) is 9.54. The van der Waals surface area contributed by atoms with E-state index in [4.69, 9.17) is 4.74 Å². The summed E-state index contributed by atoms with van der Waals surface area (Å²) in [6, 6.07) is -1.32. The van der Waals surface area contributed by atoms with Gasteiger partial charge in [0.15, 0.2) is 0 Å². The predicted octanol–water partition coefficient (Wildman–Crippen LogP) is 3.54. The molecule has 3 aliphatic rings. The number of aliphatic hydroxyl groups is 1. The fourth-order valence-electron chi connectivity index (χ4n) is 5.93. The first-order valence-corrected chi connectivity index (χ1v) is 14.4. The molecule has 3 fully saturated rings. The van der Waals surface area contributed by atoms with Crippen LogP contribution >= 0.6 is 27.7 Å². The lowest BCUT2D eigenvalue weighted by Crippen LogP contribution is -2.58. The number of rotatable bonds is 13. The lowest BCUT2D eigenvalue weighted by Gasteiger charge is -2.40. The van der Waals surface area contributed by atoms with Gasteiger partial charge in [0.25, 0.3) is 0 Å². The van der Waals surface area contributed by atoms with E-state index in [2.05, 4.69) is 29.1 Å². The number of esters is 1. The van der Waals surface area contributed by atoms with Crippen LogP contribution in [0.3, 0.4) is 0 Å². The number of likely N-dealkylation sites (tertiary alicyclic amines) is 1. The SMILES string of the molecule is C=CCCCCOC(=O)[C@H]1[C@@H]2SC3(CC2Br)C(C(=O)N(CC=C)C(C)C)N([C@@H](CC)CO)C(=O)[C@H]13. The normalized spacial score (nSPS) is 32.0. The largest absolute Gasteiger partial charge is 0.465 e. The van der Waals surface area contributed by atoms with E-state index in [1.54, 1.807) is 27.6 Å². The number of hydrogen-bond donors (Lipinski definition) is 1. The van der Waals surface area contributed by atoms with Gasteiger partial charge in [-0.1, -0.05) is 35.0 Å². The quantitative estimate of drug-likeness (QED) is 0.158. The lowest BCUT2D eigenvalue weighted by atomic mass is 9.71. The number of carbonyl (C=O) groups is 3. The number of allylic oxidation sites excluding steroid dienone is 1. The van der Waals surface area contributed by atoms with Crippen LogP contribution in [0.25, 0.3) is 0 Å². The smallest absolute Gasteiger partial charge is 0.310 e. The standard InChI is InChI=1S/C26H39BrN2O5S/c1-6-9-10-11-13-34-25(33)19-20-23(31)29(17(8-3)15-30)22(24(32)28(12-7-2)16(4)5)26(20)14-18(27)21(19)35-26/h6-7,16-22,30H,1-2,8-15H2,3-5H3/t17-,18?,19+,20-,21+,22?,26?/m0/s1. The van der Waals surface area contributed by atoms with Crippen LogP contribution in [-0.2, 0) is 19.1 Å². The molecule has 0 aromatic carbocycles. The number of thioether (sulfide) groups is 1. The van der Waals surface area contributed by atoms with E-state index in [1.807, 2.05) is 26.8 Å². The maximum absolute atomic E-state index is 14.1. The molecule has 2 bridgehead atoms. The van der Waals surface area contributed by atoms with E-state index < -0.39 is 28.7 Å².